The lowest BCUT2D eigenvalue weighted by Crippen LogP contribution is -2.44. The van der Waals surface area contributed by atoms with Crippen molar-refractivity contribution in [1.29, 1.82) is 0 Å². The number of aromatic nitrogens is 2. The fourth-order valence-electron chi connectivity index (χ4n) is 2.85. The minimum Gasteiger partial charge on any atom is -0.387 e. The van der Waals surface area contributed by atoms with E-state index in [0.29, 0.717) is 24.4 Å². The topological polar surface area (TPSA) is 87.1 Å². The summed E-state index contributed by atoms with van der Waals surface area (Å²) < 4.78 is 0. The molecule has 1 aliphatic heterocycles. The standard InChI is InChI=1S/C18H22N4O2.ClH/c1-12-9-13(2)22-16(21-12)14-3-5-15(6-4-14)17(23)20-11-18(24)7-8-19-10-18;/h3-6,9,19,24H,7-8,10-11H2,1-2H3,(H,20,23);1H. The predicted molar refractivity (Wildman–Crippen MR) is 99.0 cm³/mol. The van der Waals surface area contributed by atoms with Crippen molar-refractivity contribution in [2.75, 3.05) is 19.6 Å². The number of benzene rings is 1. The van der Waals surface area contributed by atoms with Gasteiger partial charge in [0.2, 0.25) is 0 Å². The van der Waals surface area contributed by atoms with E-state index in [9.17, 15) is 9.90 Å². The van der Waals surface area contributed by atoms with E-state index in [1.165, 1.54) is 0 Å². The van der Waals surface area contributed by atoms with Crippen LogP contribution in [0.15, 0.2) is 30.3 Å². The Kier molecular flexibility index (Phi) is 6.11. The summed E-state index contributed by atoms with van der Waals surface area (Å²) in [5.41, 5.74) is 2.41. The lowest BCUT2D eigenvalue weighted by molar-refractivity contribution is 0.0562. The number of halogens is 1. The largest absolute Gasteiger partial charge is 0.387 e. The zero-order chi connectivity index (χ0) is 17.2. The number of carbonyl (C=O) groups excluding carboxylic acids is 1. The van der Waals surface area contributed by atoms with Crippen LogP contribution < -0.4 is 10.6 Å². The van der Waals surface area contributed by atoms with Gasteiger partial charge in [0.05, 0.1) is 5.60 Å². The first kappa shape index (κ1) is 19.3. The zero-order valence-corrected chi connectivity index (χ0v) is 15.2. The molecule has 0 aliphatic carbocycles. The number of aliphatic hydroxyl groups is 1. The third-order valence-electron chi connectivity index (χ3n) is 4.19. The highest BCUT2D eigenvalue weighted by atomic mass is 35.5. The van der Waals surface area contributed by atoms with Crippen LogP contribution in [0.5, 0.6) is 0 Å². The van der Waals surface area contributed by atoms with Crippen LogP contribution in [0.4, 0.5) is 0 Å². The Hall–Kier alpha value is -2.02. The molecule has 1 atom stereocenters. The molecule has 2 aromatic rings. The number of nitrogens with one attached hydrogen (secondary N) is 2. The van der Waals surface area contributed by atoms with E-state index in [1.807, 2.05) is 32.0 Å². The maximum Gasteiger partial charge on any atom is 0.251 e. The van der Waals surface area contributed by atoms with Gasteiger partial charge >= 0.3 is 0 Å². The number of hydrogen-bond donors (Lipinski definition) is 3. The normalized spacial score (nSPS) is 19.3. The third kappa shape index (κ3) is 4.75. The molecule has 0 bridgehead atoms. The molecule has 134 valence electrons. The van der Waals surface area contributed by atoms with Gasteiger partial charge in [0.15, 0.2) is 5.82 Å². The summed E-state index contributed by atoms with van der Waals surface area (Å²) in [4.78, 5) is 21.1. The number of nitrogens with zero attached hydrogens (tertiary/aromatic N) is 2. The molecule has 0 saturated carbocycles. The average molecular weight is 363 g/mol. The van der Waals surface area contributed by atoms with Gasteiger partial charge in [-0.25, -0.2) is 9.97 Å². The molecule has 1 saturated heterocycles. The Morgan fingerprint density at radius 2 is 1.88 bits per heavy atom. The van der Waals surface area contributed by atoms with Crippen LogP contribution in [0.25, 0.3) is 11.4 Å². The maximum atomic E-state index is 12.2. The van der Waals surface area contributed by atoms with Crippen LogP contribution in [-0.2, 0) is 0 Å². The molecular formula is C18H23ClN4O2. The second-order valence-corrected chi connectivity index (χ2v) is 6.39. The number of hydrogen-bond acceptors (Lipinski definition) is 5. The Morgan fingerprint density at radius 3 is 2.44 bits per heavy atom. The van der Waals surface area contributed by atoms with Gasteiger partial charge in [-0.15, -0.1) is 12.4 Å². The number of carbonyl (C=O) groups is 1. The van der Waals surface area contributed by atoms with Crippen molar-refractivity contribution in [1.82, 2.24) is 20.6 Å². The molecule has 7 heteroatoms. The summed E-state index contributed by atoms with van der Waals surface area (Å²) in [5.74, 6) is 0.467. The molecule has 2 heterocycles. The number of aryl methyl sites for hydroxylation is 2. The fourth-order valence-corrected chi connectivity index (χ4v) is 2.85. The molecule has 1 aliphatic rings. The van der Waals surface area contributed by atoms with Crippen LogP contribution in [0, 0.1) is 13.8 Å². The lowest BCUT2D eigenvalue weighted by Gasteiger charge is -2.21. The van der Waals surface area contributed by atoms with E-state index >= 15 is 0 Å². The van der Waals surface area contributed by atoms with E-state index in [2.05, 4.69) is 20.6 Å². The van der Waals surface area contributed by atoms with Gasteiger partial charge in [0.25, 0.3) is 5.91 Å². The van der Waals surface area contributed by atoms with Crippen LogP contribution >= 0.6 is 12.4 Å². The van der Waals surface area contributed by atoms with Crippen LogP contribution in [0.1, 0.15) is 28.2 Å². The first-order valence-corrected chi connectivity index (χ1v) is 8.09. The first-order chi connectivity index (χ1) is 11.5. The number of amides is 1. The van der Waals surface area contributed by atoms with Crippen molar-refractivity contribution in [3.8, 4) is 11.4 Å². The van der Waals surface area contributed by atoms with Crippen molar-refractivity contribution in [2.45, 2.75) is 25.9 Å². The Labute approximate surface area is 153 Å². The molecule has 25 heavy (non-hydrogen) atoms. The van der Waals surface area contributed by atoms with Crippen molar-refractivity contribution in [3.05, 3.63) is 47.3 Å². The molecule has 1 unspecified atom stereocenters. The van der Waals surface area contributed by atoms with Crippen molar-refractivity contribution < 1.29 is 9.90 Å². The van der Waals surface area contributed by atoms with Crippen LogP contribution in [0.2, 0.25) is 0 Å². The van der Waals surface area contributed by atoms with Gasteiger partial charge in [-0.1, -0.05) is 12.1 Å². The maximum absolute atomic E-state index is 12.2. The molecule has 1 aromatic heterocycles. The third-order valence-corrected chi connectivity index (χ3v) is 4.19. The first-order valence-electron chi connectivity index (χ1n) is 8.09. The van der Waals surface area contributed by atoms with E-state index in [4.69, 9.17) is 0 Å². The van der Waals surface area contributed by atoms with Gasteiger partial charge in [0.1, 0.15) is 0 Å². The quantitative estimate of drug-likeness (QED) is 0.769. The second kappa shape index (κ2) is 7.91. The van der Waals surface area contributed by atoms with Gasteiger partial charge in [-0.2, -0.15) is 0 Å². The van der Waals surface area contributed by atoms with E-state index in [0.717, 1.165) is 23.5 Å². The number of β-amino-alcohol motifs (C(OH)–C–C–N with tert-alkyl or cyclic N) is 1. The molecule has 1 amide bonds. The average Bonchev–Trinajstić information content (AvgIpc) is 2.99. The summed E-state index contributed by atoms with van der Waals surface area (Å²) >= 11 is 0. The molecule has 0 radical (unpaired) electrons. The van der Waals surface area contributed by atoms with Crippen molar-refractivity contribution in [2.24, 2.45) is 0 Å². The van der Waals surface area contributed by atoms with Crippen molar-refractivity contribution >= 4 is 18.3 Å². The lowest BCUT2D eigenvalue weighted by atomic mass is 10.0. The molecule has 3 N–H and O–H groups in total. The monoisotopic (exact) mass is 362 g/mol. The summed E-state index contributed by atoms with van der Waals surface area (Å²) in [6.45, 7) is 5.40. The Morgan fingerprint density at radius 1 is 1.24 bits per heavy atom. The zero-order valence-electron chi connectivity index (χ0n) is 14.4. The summed E-state index contributed by atoms with van der Waals surface area (Å²) in [7, 11) is 0. The van der Waals surface area contributed by atoms with E-state index in [1.54, 1.807) is 12.1 Å². The molecule has 0 spiro atoms. The highest BCUT2D eigenvalue weighted by Gasteiger charge is 2.31. The van der Waals surface area contributed by atoms with Gasteiger partial charge in [0, 0.05) is 35.6 Å². The number of rotatable bonds is 4. The van der Waals surface area contributed by atoms with Crippen LogP contribution in [0.3, 0.4) is 0 Å². The van der Waals surface area contributed by atoms with Gasteiger partial charge < -0.3 is 15.7 Å². The Balaban J connectivity index is 0.00000225. The molecule has 3 rings (SSSR count). The summed E-state index contributed by atoms with van der Waals surface area (Å²) in [6.07, 6.45) is 0.649. The van der Waals surface area contributed by atoms with Gasteiger partial charge in [-0.05, 0) is 45.0 Å². The fraction of sp³-hybridized carbons (Fsp3) is 0.389. The second-order valence-electron chi connectivity index (χ2n) is 6.39. The highest BCUT2D eigenvalue weighted by molar-refractivity contribution is 5.94. The van der Waals surface area contributed by atoms with Crippen LogP contribution in [-0.4, -0.2) is 46.2 Å². The molecular weight excluding hydrogens is 340 g/mol. The SMILES string of the molecule is Cc1cc(C)nc(-c2ccc(C(=O)NCC3(O)CCNC3)cc2)n1.Cl. The Bertz CT molecular complexity index is 723. The smallest absolute Gasteiger partial charge is 0.251 e. The minimum absolute atomic E-state index is 0. The predicted octanol–water partition coefficient (Wildman–Crippen LogP) is 1.64. The minimum atomic E-state index is -0.845. The molecule has 6 nitrogen and oxygen atoms in total. The van der Waals surface area contributed by atoms with E-state index in [-0.39, 0.29) is 24.9 Å². The summed E-state index contributed by atoms with van der Waals surface area (Å²) in [5, 5.41) is 16.1. The molecule has 1 aromatic carbocycles. The van der Waals surface area contributed by atoms with Crippen molar-refractivity contribution in [3.63, 3.8) is 0 Å². The highest BCUT2D eigenvalue weighted by Crippen LogP contribution is 2.17. The van der Waals surface area contributed by atoms with E-state index < -0.39 is 5.60 Å². The summed E-state index contributed by atoms with van der Waals surface area (Å²) in [6, 6.07) is 9.11. The molecule has 1 fully saturated rings. The van der Waals surface area contributed by atoms with Gasteiger partial charge in [-0.3, -0.25) is 4.79 Å².